The molecule has 2 aliphatic heterocycles. The highest BCUT2D eigenvalue weighted by Crippen LogP contribution is 2.29. The lowest BCUT2D eigenvalue weighted by Gasteiger charge is -2.48. The van der Waals surface area contributed by atoms with Crippen LogP contribution in [-0.4, -0.2) is 74.5 Å². The van der Waals surface area contributed by atoms with Crippen molar-refractivity contribution in [2.24, 2.45) is 5.73 Å². The molecule has 0 aromatic heterocycles. The average molecular weight is 289 g/mol. The standard InChI is InChI=1S/C13H27N3O2S/c1-2-5-15-6-8-16(9-7-15)13(11-14)4-3-10-19(17,18)12-13/h2-12,14H2,1H3. The Hall–Kier alpha value is -0.170. The molecule has 0 aromatic rings. The molecule has 2 saturated heterocycles. The Morgan fingerprint density at radius 1 is 1.21 bits per heavy atom. The van der Waals surface area contributed by atoms with E-state index in [4.69, 9.17) is 5.73 Å². The molecular weight excluding hydrogens is 262 g/mol. The van der Waals surface area contributed by atoms with Gasteiger partial charge in [0.15, 0.2) is 9.84 Å². The number of hydrogen-bond donors (Lipinski definition) is 1. The molecule has 0 aliphatic carbocycles. The van der Waals surface area contributed by atoms with Gasteiger partial charge in [-0.1, -0.05) is 6.92 Å². The van der Waals surface area contributed by atoms with Crippen LogP contribution in [0.3, 0.4) is 0 Å². The van der Waals surface area contributed by atoms with Gasteiger partial charge in [-0.15, -0.1) is 0 Å². The summed E-state index contributed by atoms with van der Waals surface area (Å²) in [7, 11) is -2.91. The van der Waals surface area contributed by atoms with Gasteiger partial charge in [0.25, 0.3) is 0 Å². The number of rotatable bonds is 4. The fraction of sp³-hybridized carbons (Fsp3) is 1.00. The summed E-state index contributed by atoms with van der Waals surface area (Å²) in [5.74, 6) is 0.592. The van der Waals surface area contributed by atoms with E-state index < -0.39 is 9.84 Å². The molecule has 0 saturated carbocycles. The largest absolute Gasteiger partial charge is 0.329 e. The Balaban J connectivity index is 2.02. The molecule has 0 bridgehead atoms. The van der Waals surface area contributed by atoms with Crippen LogP contribution in [0.5, 0.6) is 0 Å². The summed E-state index contributed by atoms with van der Waals surface area (Å²) in [6.07, 6.45) is 2.86. The van der Waals surface area contributed by atoms with Crippen molar-refractivity contribution in [3.05, 3.63) is 0 Å². The van der Waals surface area contributed by atoms with E-state index in [2.05, 4.69) is 16.7 Å². The second kappa shape index (κ2) is 6.08. The minimum atomic E-state index is -2.91. The highest BCUT2D eigenvalue weighted by atomic mass is 32.2. The van der Waals surface area contributed by atoms with E-state index in [1.165, 1.54) is 6.42 Å². The van der Waals surface area contributed by atoms with E-state index in [1.807, 2.05) is 0 Å². The van der Waals surface area contributed by atoms with Crippen molar-refractivity contribution in [3.8, 4) is 0 Å². The van der Waals surface area contributed by atoms with Crippen molar-refractivity contribution in [2.75, 3.05) is 50.8 Å². The van der Waals surface area contributed by atoms with Crippen LogP contribution in [0.4, 0.5) is 0 Å². The van der Waals surface area contributed by atoms with Crippen LogP contribution >= 0.6 is 0 Å². The van der Waals surface area contributed by atoms with E-state index in [0.29, 0.717) is 12.3 Å². The first-order valence-corrected chi connectivity index (χ1v) is 9.21. The lowest BCUT2D eigenvalue weighted by molar-refractivity contribution is 0.0410. The lowest BCUT2D eigenvalue weighted by Crippen LogP contribution is -2.64. The van der Waals surface area contributed by atoms with Crippen molar-refractivity contribution in [1.82, 2.24) is 9.80 Å². The maximum atomic E-state index is 11.9. The van der Waals surface area contributed by atoms with Crippen LogP contribution in [0.15, 0.2) is 0 Å². The van der Waals surface area contributed by atoms with Gasteiger partial charge >= 0.3 is 0 Å². The molecule has 1 unspecified atom stereocenters. The third-order valence-electron chi connectivity index (χ3n) is 4.55. The van der Waals surface area contributed by atoms with E-state index in [9.17, 15) is 8.42 Å². The molecule has 2 aliphatic rings. The fourth-order valence-corrected chi connectivity index (χ4v) is 5.47. The molecule has 2 rings (SSSR count). The predicted molar refractivity (Wildman–Crippen MR) is 78.0 cm³/mol. The Labute approximate surface area is 117 Å². The number of nitrogens with two attached hydrogens (primary N) is 1. The molecule has 19 heavy (non-hydrogen) atoms. The van der Waals surface area contributed by atoms with Crippen LogP contribution in [0, 0.1) is 0 Å². The Kier molecular flexibility index (Phi) is 4.87. The minimum Gasteiger partial charge on any atom is -0.329 e. The Morgan fingerprint density at radius 2 is 1.89 bits per heavy atom. The summed E-state index contributed by atoms with van der Waals surface area (Å²) in [5.41, 5.74) is 5.67. The lowest BCUT2D eigenvalue weighted by atomic mass is 9.92. The minimum absolute atomic E-state index is 0.254. The summed E-state index contributed by atoms with van der Waals surface area (Å²) >= 11 is 0. The molecule has 6 heteroatoms. The number of sulfone groups is 1. The van der Waals surface area contributed by atoms with Crippen molar-refractivity contribution >= 4 is 9.84 Å². The second-order valence-electron chi connectivity index (χ2n) is 5.95. The molecule has 0 amide bonds. The topological polar surface area (TPSA) is 66.6 Å². The van der Waals surface area contributed by atoms with Crippen molar-refractivity contribution in [2.45, 2.75) is 31.7 Å². The zero-order chi connectivity index (χ0) is 13.9. The molecular formula is C13H27N3O2S. The molecule has 0 radical (unpaired) electrons. The van der Waals surface area contributed by atoms with Crippen molar-refractivity contribution in [1.29, 1.82) is 0 Å². The zero-order valence-corrected chi connectivity index (χ0v) is 12.8. The molecule has 112 valence electrons. The van der Waals surface area contributed by atoms with Crippen LogP contribution in [0.1, 0.15) is 26.2 Å². The first-order chi connectivity index (χ1) is 9.01. The average Bonchev–Trinajstić information content (AvgIpc) is 2.38. The number of piperazine rings is 1. The summed E-state index contributed by atoms with van der Waals surface area (Å²) in [6.45, 7) is 7.77. The Morgan fingerprint density at radius 3 is 2.42 bits per heavy atom. The molecule has 2 fully saturated rings. The normalized spacial score (nSPS) is 33.4. The number of hydrogen-bond acceptors (Lipinski definition) is 5. The van der Waals surface area contributed by atoms with Crippen LogP contribution in [0.2, 0.25) is 0 Å². The van der Waals surface area contributed by atoms with Gasteiger partial charge in [-0.2, -0.15) is 0 Å². The van der Waals surface area contributed by atoms with Crippen LogP contribution in [-0.2, 0) is 9.84 Å². The molecule has 0 aromatic carbocycles. The van der Waals surface area contributed by atoms with Gasteiger partial charge in [-0.3, -0.25) is 4.90 Å². The van der Waals surface area contributed by atoms with Crippen LogP contribution < -0.4 is 5.73 Å². The van der Waals surface area contributed by atoms with Gasteiger partial charge in [-0.05, 0) is 25.8 Å². The van der Waals surface area contributed by atoms with E-state index in [1.54, 1.807) is 0 Å². The maximum absolute atomic E-state index is 11.9. The van der Waals surface area contributed by atoms with E-state index >= 15 is 0 Å². The summed E-state index contributed by atoms with van der Waals surface area (Å²) in [4.78, 5) is 4.80. The fourth-order valence-electron chi connectivity index (χ4n) is 3.48. The van der Waals surface area contributed by atoms with Crippen molar-refractivity contribution in [3.63, 3.8) is 0 Å². The van der Waals surface area contributed by atoms with E-state index in [-0.39, 0.29) is 11.3 Å². The highest BCUT2D eigenvalue weighted by Gasteiger charge is 2.43. The highest BCUT2D eigenvalue weighted by molar-refractivity contribution is 7.91. The van der Waals surface area contributed by atoms with Gasteiger partial charge in [0.05, 0.1) is 11.5 Å². The van der Waals surface area contributed by atoms with Crippen LogP contribution in [0.25, 0.3) is 0 Å². The van der Waals surface area contributed by atoms with Gasteiger partial charge in [0.2, 0.25) is 0 Å². The first-order valence-electron chi connectivity index (χ1n) is 7.39. The van der Waals surface area contributed by atoms with E-state index in [0.717, 1.165) is 45.6 Å². The van der Waals surface area contributed by atoms with Crippen molar-refractivity contribution < 1.29 is 8.42 Å². The summed E-state index contributed by atoms with van der Waals surface area (Å²) < 4.78 is 23.9. The van der Waals surface area contributed by atoms with Gasteiger partial charge in [0, 0.05) is 38.3 Å². The molecule has 1 atom stereocenters. The first kappa shape index (κ1) is 15.2. The Bertz CT molecular complexity index is 391. The SMILES string of the molecule is CCCN1CCN(C2(CN)CCCS(=O)(=O)C2)CC1. The third kappa shape index (κ3) is 3.48. The summed E-state index contributed by atoms with van der Waals surface area (Å²) in [5, 5.41) is 0. The predicted octanol–water partition coefficient (Wildman–Crippen LogP) is -0.0799. The second-order valence-corrected chi connectivity index (χ2v) is 8.14. The zero-order valence-electron chi connectivity index (χ0n) is 12.0. The summed E-state index contributed by atoms with van der Waals surface area (Å²) in [6, 6.07) is 0. The molecule has 2 N–H and O–H groups in total. The maximum Gasteiger partial charge on any atom is 0.152 e. The molecule has 0 spiro atoms. The smallest absolute Gasteiger partial charge is 0.152 e. The molecule has 2 heterocycles. The third-order valence-corrected chi connectivity index (χ3v) is 6.44. The monoisotopic (exact) mass is 289 g/mol. The van der Waals surface area contributed by atoms with Gasteiger partial charge in [0.1, 0.15) is 0 Å². The molecule has 5 nitrogen and oxygen atoms in total. The van der Waals surface area contributed by atoms with Gasteiger partial charge < -0.3 is 10.6 Å². The quantitative estimate of drug-likeness (QED) is 0.784. The number of nitrogens with zero attached hydrogens (tertiary/aromatic N) is 2. The van der Waals surface area contributed by atoms with Gasteiger partial charge in [-0.25, -0.2) is 8.42 Å².